The van der Waals surface area contributed by atoms with Crippen LogP contribution in [0.25, 0.3) is 0 Å². The normalized spacial score (nSPS) is 10.2. The lowest BCUT2D eigenvalue weighted by atomic mass is 10.2. The molecule has 0 saturated heterocycles. The topological polar surface area (TPSA) is 64.3 Å². The van der Waals surface area contributed by atoms with Crippen molar-refractivity contribution in [2.45, 2.75) is 39.5 Å². The fraction of sp³-hybridized carbons (Fsp3) is 0.400. The Morgan fingerprint density at radius 1 is 1.12 bits per heavy atom. The van der Waals surface area contributed by atoms with Gasteiger partial charge in [0.25, 0.3) is 0 Å². The monoisotopic (exact) mass is 518 g/mol. The van der Waals surface area contributed by atoms with Crippen LogP contribution in [0.1, 0.15) is 30.5 Å². The third-order valence-electron chi connectivity index (χ3n) is 2.26. The molecule has 0 radical (unpaired) electrons. The average Bonchev–Trinajstić information content (AvgIpc) is 3.04. The Hall–Kier alpha value is -0.120. The van der Waals surface area contributed by atoms with E-state index in [0.29, 0.717) is 13.1 Å². The second-order valence-electron chi connectivity index (χ2n) is 5.47. The lowest BCUT2D eigenvalue weighted by molar-refractivity contribution is 0.0524. The second kappa shape index (κ2) is 11.5. The molecule has 9 heteroatoms. The molecule has 2 heterocycles. The summed E-state index contributed by atoms with van der Waals surface area (Å²) in [5.74, 6) is 0. The largest absolute Gasteiger partial charge is 0.444 e. The molecule has 2 aromatic heterocycles. The summed E-state index contributed by atoms with van der Waals surface area (Å²) in [6, 6.07) is 7.95. The van der Waals surface area contributed by atoms with Crippen molar-refractivity contribution in [2.24, 2.45) is 5.73 Å². The highest BCUT2D eigenvalue weighted by Gasteiger charge is 2.15. The van der Waals surface area contributed by atoms with E-state index in [9.17, 15) is 4.79 Å². The van der Waals surface area contributed by atoms with E-state index in [0.717, 1.165) is 12.4 Å². The molecule has 0 unspecified atom stereocenters. The van der Waals surface area contributed by atoms with Gasteiger partial charge in [-0.15, -0.1) is 35.1 Å². The van der Waals surface area contributed by atoms with Crippen LogP contribution in [0.5, 0.6) is 0 Å². The number of nitrogens with two attached hydrogens (primary N) is 1. The van der Waals surface area contributed by atoms with Crippen LogP contribution in [0.2, 0.25) is 0 Å². The molecule has 0 spiro atoms. The van der Waals surface area contributed by atoms with Gasteiger partial charge < -0.3 is 15.8 Å². The Morgan fingerprint density at radius 2 is 1.62 bits per heavy atom. The first-order valence-corrected chi connectivity index (χ1v) is 10.1. The quantitative estimate of drug-likeness (QED) is 0.528. The van der Waals surface area contributed by atoms with Crippen LogP contribution >= 0.6 is 66.9 Å². The van der Waals surface area contributed by atoms with Crippen molar-refractivity contribution >= 4 is 73.0 Å². The molecule has 0 atom stereocenters. The molecule has 0 aliphatic heterocycles. The molecule has 0 aromatic carbocycles. The van der Waals surface area contributed by atoms with Gasteiger partial charge in [0, 0.05) is 16.3 Å². The van der Waals surface area contributed by atoms with E-state index in [2.05, 4.69) is 37.2 Å². The van der Waals surface area contributed by atoms with Crippen LogP contribution in [0.4, 0.5) is 4.79 Å². The summed E-state index contributed by atoms with van der Waals surface area (Å²) in [5, 5.41) is 2.70. The maximum absolute atomic E-state index is 11.3. The Morgan fingerprint density at radius 3 is 1.96 bits per heavy atom. The first kappa shape index (κ1) is 23.9. The van der Waals surface area contributed by atoms with Crippen LogP contribution in [0.15, 0.2) is 31.8 Å². The van der Waals surface area contributed by atoms with Gasteiger partial charge in [-0.05, 0) is 76.9 Å². The predicted octanol–water partition coefficient (Wildman–Crippen LogP) is 5.93. The van der Waals surface area contributed by atoms with Crippen molar-refractivity contribution in [3.05, 3.63) is 41.6 Å². The number of amides is 1. The number of carbonyl (C=O) groups is 1. The van der Waals surface area contributed by atoms with Crippen LogP contribution in [0, 0.1) is 0 Å². The van der Waals surface area contributed by atoms with E-state index < -0.39 is 5.60 Å². The van der Waals surface area contributed by atoms with E-state index in [4.69, 9.17) is 10.5 Å². The first-order chi connectivity index (χ1) is 10.7. The van der Waals surface area contributed by atoms with Gasteiger partial charge in [0.05, 0.1) is 14.1 Å². The minimum absolute atomic E-state index is 0. The number of rotatable bonds is 3. The molecule has 0 aliphatic carbocycles. The van der Waals surface area contributed by atoms with E-state index in [1.807, 2.05) is 45.0 Å². The summed E-state index contributed by atoms with van der Waals surface area (Å²) < 4.78 is 7.32. The highest BCUT2D eigenvalue weighted by molar-refractivity contribution is 9.11. The maximum Gasteiger partial charge on any atom is 0.407 e. The third-order valence-corrected chi connectivity index (χ3v) is 5.53. The van der Waals surface area contributed by atoms with Crippen LogP contribution in [0.3, 0.4) is 0 Å². The Balaban J connectivity index is 0.000000498. The molecular formula is C15H21Br2ClN2O2S2. The molecule has 24 heavy (non-hydrogen) atoms. The fourth-order valence-corrected chi connectivity index (χ4v) is 4.17. The van der Waals surface area contributed by atoms with Gasteiger partial charge in [-0.2, -0.15) is 0 Å². The molecule has 0 bridgehead atoms. The van der Waals surface area contributed by atoms with E-state index in [1.54, 1.807) is 22.7 Å². The van der Waals surface area contributed by atoms with Gasteiger partial charge in [-0.1, -0.05) is 0 Å². The number of hydrogen-bond donors (Lipinski definition) is 2. The smallest absolute Gasteiger partial charge is 0.407 e. The van der Waals surface area contributed by atoms with Crippen molar-refractivity contribution in [3.63, 3.8) is 0 Å². The highest BCUT2D eigenvalue weighted by Crippen LogP contribution is 2.22. The van der Waals surface area contributed by atoms with E-state index in [-0.39, 0.29) is 18.5 Å². The lowest BCUT2D eigenvalue weighted by Gasteiger charge is -2.19. The molecule has 0 saturated carbocycles. The lowest BCUT2D eigenvalue weighted by Crippen LogP contribution is -2.31. The molecule has 0 aliphatic rings. The van der Waals surface area contributed by atoms with Gasteiger partial charge in [-0.3, -0.25) is 0 Å². The van der Waals surface area contributed by atoms with Gasteiger partial charge in [0.15, 0.2) is 0 Å². The Kier molecular flexibility index (Phi) is 11.4. The fourth-order valence-electron chi connectivity index (χ4n) is 1.38. The number of ether oxygens (including phenoxy) is 1. The Labute approximate surface area is 173 Å². The number of carbonyl (C=O) groups excluding carboxylic acids is 1. The van der Waals surface area contributed by atoms with Crippen molar-refractivity contribution in [1.29, 1.82) is 0 Å². The minimum atomic E-state index is -0.444. The predicted molar refractivity (Wildman–Crippen MR) is 112 cm³/mol. The zero-order valence-electron chi connectivity index (χ0n) is 13.6. The summed E-state index contributed by atoms with van der Waals surface area (Å²) >= 11 is 9.97. The van der Waals surface area contributed by atoms with Gasteiger partial charge >= 0.3 is 6.09 Å². The van der Waals surface area contributed by atoms with Crippen molar-refractivity contribution in [3.8, 4) is 0 Å². The molecular weight excluding hydrogens is 500 g/mol. The molecule has 0 fully saturated rings. The summed E-state index contributed by atoms with van der Waals surface area (Å²) in [6.07, 6.45) is -0.382. The first-order valence-electron chi connectivity index (χ1n) is 6.85. The molecule has 1 amide bonds. The highest BCUT2D eigenvalue weighted by atomic mass is 79.9. The number of hydrogen-bond acceptors (Lipinski definition) is 5. The number of nitrogens with one attached hydrogen (secondary N) is 1. The molecule has 3 N–H and O–H groups in total. The number of halogens is 3. The number of alkyl carbamates (subject to hydrolysis) is 1. The van der Waals surface area contributed by atoms with Crippen LogP contribution in [-0.2, 0) is 17.8 Å². The molecule has 2 rings (SSSR count). The van der Waals surface area contributed by atoms with Crippen LogP contribution in [-0.4, -0.2) is 11.7 Å². The SMILES string of the molecule is CC(C)(C)OC(=O)NCc1ccc(Br)s1.Cl.NCc1ccc(Br)s1. The summed E-state index contributed by atoms with van der Waals surface area (Å²) in [7, 11) is 0. The Bertz CT molecular complexity index is 627. The van der Waals surface area contributed by atoms with Crippen molar-refractivity contribution < 1.29 is 9.53 Å². The summed E-state index contributed by atoms with van der Waals surface area (Å²) in [6.45, 7) is 6.68. The zero-order chi connectivity index (χ0) is 17.5. The standard InChI is InChI=1S/C10H14BrNO2S.C5H6BrNS.ClH/c1-10(2,3)14-9(13)12-6-7-4-5-8(11)15-7;6-5-2-1-4(3-7)8-5;/h4-5H,6H2,1-3H3,(H,12,13);1-2H,3,7H2;1H. The summed E-state index contributed by atoms with van der Waals surface area (Å²) in [5.41, 5.74) is 4.91. The van der Waals surface area contributed by atoms with E-state index >= 15 is 0 Å². The molecule has 136 valence electrons. The van der Waals surface area contributed by atoms with E-state index in [1.165, 1.54) is 4.88 Å². The average molecular weight is 521 g/mol. The number of thiophene rings is 2. The van der Waals surface area contributed by atoms with Crippen LogP contribution < -0.4 is 11.1 Å². The summed E-state index contributed by atoms with van der Waals surface area (Å²) in [4.78, 5) is 13.6. The minimum Gasteiger partial charge on any atom is -0.444 e. The molecule has 4 nitrogen and oxygen atoms in total. The van der Waals surface area contributed by atoms with Gasteiger partial charge in [0.1, 0.15) is 5.60 Å². The maximum atomic E-state index is 11.3. The van der Waals surface area contributed by atoms with Gasteiger partial charge in [-0.25, -0.2) is 4.79 Å². The van der Waals surface area contributed by atoms with Gasteiger partial charge in [0.2, 0.25) is 0 Å². The van der Waals surface area contributed by atoms with Crippen molar-refractivity contribution in [1.82, 2.24) is 5.32 Å². The third kappa shape index (κ3) is 10.7. The molecule has 2 aromatic rings. The second-order valence-corrected chi connectivity index (χ2v) is 10.6. The van der Waals surface area contributed by atoms with Crippen molar-refractivity contribution in [2.75, 3.05) is 0 Å². The zero-order valence-corrected chi connectivity index (χ0v) is 19.2.